The fourth-order valence-electron chi connectivity index (χ4n) is 1.49. The van der Waals surface area contributed by atoms with Crippen LogP contribution in [0.2, 0.25) is 0 Å². The van der Waals surface area contributed by atoms with E-state index in [2.05, 4.69) is 5.32 Å². The molecule has 2 amide bonds. The Kier molecular flexibility index (Phi) is 5.29. The zero-order valence-corrected chi connectivity index (χ0v) is 10.3. The first-order valence-corrected chi connectivity index (χ1v) is 5.57. The molecule has 5 N–H and O–H groups in total. The molecule has 98 valence electrons. The van der Waals surface area contributed by atoms with Gasteiger partial charge in [-0.2, -0.15) is 0 Å². The van der Waals surface area contributed by atoms with Crippen molar-refractivity contribution in [3.05, 3.63) is 29.8 Å². The first kappa shape index (κ1) is 14.1. The minimum Gasteiger partial charge on any atom is -0.369 e. The van der Waals surface area contributed by atoms with Crippen molar-refractivity contribution in [2.24, 2.45) is 11.5 Å². The van der Waals surface area contributed by atoms with Gasteiger partial charge in [0.2, 0.25) is 11.8 Å². The molecule has 1 aromatic carbocycles. The van der Waals surface area contributed by atoms with Gasteiger partial charge in [0.25, 0.3) is 0 Å². The smallest absolute Gasteiger partial charge is 0.238 e. The van der Waals surface area contributed by atoms with Crippen LogP contribution in [0.3, 0.4) is 0 Å². The zero-order chi connectivity index (χ0) is 13.5. The SMILES string of the molecule is CN(CC(N)=O)CC(=O)Nc1ccc(CN)cc1. The molecule has 0 aliphatic carbocycles. The molecule has 6 heteroatoms. The van der Waals surface area contributed by atoms with Crippen LogP contribution >= 0.6 is 0 Å². The molecule has 18 heavy (non-hydrogen) atoms. The second kappa shape index (κ2) is 6.73. The summed E-state index contributed by atoms with van der Waals surface area (Å²) >= 11 is 0. The molecule has 1 rings (SSSR count). The van der Waals surface area contributed by atoms with Crippen molar-refractivity contribution < 1.29 is 9.59 Å². The number of carbonyl (C=O) groups is 2. The summed E-state index contributed by atoms with van der Waals surface area (Å²) in [6.45, 7) is 0.636. The summed E-state index contributed by atoms with van der Waals surface area (Å²) in [4.78, 5) is 23.8. The molecule has 0 heterocycles. The second-order valence-corrected chi connectivity index (χ2v) is 4.09. The van der Waals surface area contributed by atoms with Gasteiger partial charge in [0, 0.05) is 12.2 Å². The topological polar surface area (TPSA) is 101 Å². The molecular formula is C12H18N4O2. The van der Waals surface area contributed by atoms with E-state index in [1.165, 1.54) is 0 Å². The van der Waals surface area contributed by atoms with E-state index in [0.29, 0.717) is 12.2 Å². The molecule has 0 atom stereocenters. The van der Waals surface area contributed by atoms with E-state index in [0.717, 1.165) is 5.56 Å². The highest BCUT2D eigenvalue weighted by atomic mass is 16.2. The Morgan fingerprint density at radius 2 is 1.83 bits per heavy atom. The van der Waals surface area contributed by atoms with Crippen molar-refractivity contribution >= 4 is 17.5 Å². The Balaban J connectivity index is 2.46. The van der Waals surface area contributed by atoms with Gasteiger partial charge >= 0.3 is 0 Å². The number of nitrogens with two attached hydrogens (primary N) is 2. The van der Waals surface area contributed by atoms with Gasteiger partial charge in [-0.15, -0.1) is 0 Å². The van der Waals surface area contributed by atoms with Crippen LogP contribution in [0.15, 0.2) is 24.3 Å². The van der Waals surface area contributed by atoms with Crippen molar-refractivity contribution in [1.29, 1.82) is 0 Å². The highest BCUT2D eigenvalue weighted by Crippen LogP contribution is 2.08. The molecule has 1 aromatic rings. The molecule has 0 unspecified atom stereocenters. The summed E-state index contributed by atoms with van der Waals surface area (Å²) in [7, 11) is 1.65. The third-order valence-corrected chi connectivity index (χ3v) is 2.31. The average Bonchev–Trinajstić information content (AvgIpc) is 2.28. The number of hydrogen-bond acceptors (Lipinski definition) is 4. The number of carbonyl (C=O) groups excluding carboxylic acids is 2. The van der Waals surface area contributed by atoms with Crippen LogP contribution in [-0.4, -0.2) is 36.9 Å². The first-order chi connectivity index (χ1) is 8.51. The molecule has 0 spiro atoms. The highest BCUT2D eigenvalue weighted by Gasteiger charge is 2.08. The average molecular weight is 250 g/mol. The standard InChI is InChI=1S/C12H18N4O2/c1-16(7-11(14)17)8-12(18)15-10-4-2-9(6-13)3-5-10/h2-5H,6-8,13H2,1H3,(H2,14,17)(H,15,18). The second-order valence-electron chi connectivity index (χ2n) is 4.09. The largest absolute Gasteiger partial charge is 0.369 e. The molecule has 0 aromatic heterocycles. The van der Waals surface area contributed by atoms with Crippen LogP contribution in [0.4, 0.5) is 5.69 Å². The van der Waals surface area contributed by atoms with Crippen LogP contribution in [0.1, 0.15) is 5.56 Å². The van der Waals surface area contributed by atoms with Crippen molar-refractivity contribution in [3.63, 3.8) is 0 Å². The number of hydrogen-bond donors (Lipinski definition) is 3. The highest BCUT2D eigenvalue weighted by molar-refractivity contribution is 5.92. The van der Waals surface area contributed by atoms with Crippen LogP contribution in [0, 0.1) is 0 Å². The summed E-state index contributed by atoms with van der Waals surface area (Å²) in [6, 6.07) is 7.27. The van der Waals surface area contributed by atoms with Gasteiger partial charge in [0.15, 0.2) is 0 Å². The maximum absolute atomic E-state index is 11.6. The van der Waals surface area contributed by atoms with Gasteiger partial charge in [-0.25, -0.2) is 0 Å². The predicted octanol–water partition coefficient (Wildman–Crippen LogP) is -0.499. The van der Waals surface area contributed by atoms with Crippen molar-refractivity contribution in [3.8, 4) is 0 Å². The minimum atomic E-state index is -0.461. The van der Waals surface area contributed by atoms with Crippen LogP contribution < -0.4 is 16.8 Å². The molecule has 6 nitrogen and oxygen atoms in total. The number of anilines is 1. The minimum absolute atomic E-state index is 0.0551. The zero-order valence-electron chi connectivity index (χ0n) is 10.3. The number of nitrogens with one attached hydrogen (secondary N) is 1. The lowest BCUT2D eigenvalue weighted by molar-refractivity contribution is -0.120. The molecule has 0 bridgehead atoms. The maximum atomic E-state index is 11.6. The molecule has 0 saturated carbocycles. The Morgan fingerprint density at radius 1 is 1.22 bits per heavy atom. The van der Waals surface area contributed by atoms with Gasteiger partial charge in [-0.05, 0) is 24.7 Å². The summed E-state index contributed by atoms with van der Waals surface area (Å²) in [5.74, 6) is -0.656. The molecule has 0 aliphatic heterocycles. The molecule has 0 radical (unpaired) electrons. The Morgan fingerprint density at radius 3 is 2.33 bits per heavy atom. The van der Waals surface area contributed by atoms with E-state index in [4.69, 9.17) is 11.5 Å². The third-order valence-electron chi connectivity index (χ3n) is 2.31. The summed E-state index contributed by atoms with van der Waals surface area (Å²) in [5, 5.41) is 2.72. The predicted molar refractivity (Wildman–Crippen MR) is 69.7 cm³/mol. The first-order valence-electron chi connectivity index (χ1n) is 5.57. The number of amides is 2. The fourth-order valence-corrected chi connectivity index (χ4v) is 1.49. The molecular weight excluding hydrogens is 232 g/mol. The number of primary amides is 1. The van der Waals surface area contributed by atoms with Crippen molar-refractivity contribution in [2.45, 2.75) is 6.54 Å². The molecule has 0 saturated heterocycles. The van der Waals surface area contributed by atoms with E-state index in [-0.39, 0.29) is 19.0 Å². The van der Waals surface area contributed by atoms with Crippen molar-refractivity contribution in [1.82, 2.24) is 4.90 Å². The summed E-state index contributed by atoms with van der Waals surface area (Å²) < 4.78 is 0. The Labute approximate surface area is 106 Å². The number of benzene rings is 1. The Bertz CT molecular complexity index is 417. The van der Waals surface area contributed by atoms with E-state index >= 15 is 0 Å². The van der Waals surface area contributed by atoms with E-state index < -0.39 is 5.91 Å². The lowest BCUT2D eigenvalue weighted by Gasteiger charge is -2.14. The van der Waals surface area contributed by atoms with Gasteiger partial charge in [-0.3, -0.25) is 14.5 Å². The van der Waals surface area contributed by atoms with Crippen LogP contribution in [-0.2, 0) is 16.1 Å². The van der Waals surface area contributed by atoms with Crippen LogP contribution in [0.25, 0.3) is 0 Å². The Hall–Kier alpha value is -1.92. The number of nitrogens with zero attached hydrogens (tertiary/aromatic N) is 1. The number of likely N-dealkylation sites (N-methyl/N-ethyl adjacent to an activating group) is 1. The van der Waals surface area contributed by atoms with E-state index in [9.17, 15) is 9.59 Å². The lowest BCUT2D eigenvalue weighted by atomic mass is 10.2. The quantitative estimate of drug-likeness (QED) is 0.633. The van der Waals surface area contributed by atoms with Gasteiger partial charge < -0.3 is 16.8 Å². The molecule has 0 fully saturated rings. The third kappa shape index (κ3) is 4.94. The maximum Gasteiger partial charge on any atom is 0.238 e. The van der Waals surface area contributed by atoms with Gasteiger partial charge in [0.05, 0.1) is 13.1 Å². The van der Waals surface area contributed by atoms with Crippen molar-refractivity contribution in [2.75, 3.05) is 25.5 Å². The normalized spacial score (nSPS) is 10.4. The van der Waals surface area contributed by atoms with Gasteiger partial charge in [-0.1, -0.05) is 12.1 Å². The van der Waals surface area contributed by atoms with Crippen LogP contribution in [0.5, 0.6) is 0 Å². The summed E-state index contributed by atoms with van der Waals surface area (Å²) in [5.41, 5.74) is 12.2. The lowest BCUT2D eigenvalue weighted by Crippen LogP contribution is -2.36. The van der Waals surface area contributed by atoms with E-state index in [1.807, 2.05) is 12.1 Å². The number of rotatable bonds is 6. The van der Waals surface area contributed by atoms with E-state index in [1.54, 1.807) is 24.1 Å². The summed E-state index contributed by atoms with van der Waals surface area (Å²) in [6.07, 6.45) is 0. The monoisotopic (exact) mass is 250 g/mol. The fraction of sp³-hybridized carbons (Fsp3) is 0.333. The molecule has 0 aliphatic rings. The van der Waals surface area contributed by atoms with Gasteiger partial charge in [0.1, 0.15) is 0 Å².